The number of nitrogens with one attached hydrogen (secondary N) is 1. The van der Waals surface area contributed by atoms with E-state index in [1.165, 1.54) is 0 Å². The highest BCUT2D eigenvalue weighted by Crippen LogP contribution is 1.95. The van der Waals surface area contributed by atoms with Crippen molar-refractivity contribution in [2.45, 2.75) is 26.0 Å². The van der Waals surface area contributed by atoms with Crippen molar-refractivity contribution in [3.8, 4) is 0 Å². The second-order valence-corrected chi connectivity index (χ2v) is 2.28. The van der Waals surface area contributed by atoms with Crippen molar-refractivity contribution in [1.29, 1.82) is 0 Å². The van der Waals surface area contributed by atoms with Crippen LogP contribution in [-0.4, -0.2) is 31.4 Å². The number of carbonyl (C=O) groups excluding carboxylic acids is 2. The molecule has 0 aromatic carbocycles. The summed E-state index contributed by atoms with van der Waals surface area (Å²) in [4.78, 5) is 19.8. The van der Waals surface area contributed by atoms with E-state index in [-0.39, 0.29) is 18.8 Å². The Kier molecular flexibility index (Phi) is 5.37. The van der Waals surface area contributed by atoms with Gasteiger partial charge in [-0.3, -0.25) is 4.79 Å². The fourth-order valence-corrected chi connectivity index (χ4v) is 0.578. The van der Waals surface area contributed by atoms with Crippen LogP contribution in [0.15, 0.2) is 0 Å². The molecule has 64 valence electrons. The van der Waals surface area contributed by atoms with Crippen molar-refractivity contribution in [2.75, 3.05) is 6.61 Å². The van der Waals surface area contributed by atoms with Gasteiger partial charge in [-0.05, 0) is 13.8 Å². The number of rotatable bonds is 6. The normalized spacial score (nSPS) is 15.1. The lowest BCUT2D eigenvalue weighted by molar-refractivity contribution is -0.114. The van der Waals surface area contributed by atoms with Crippen LogP contribution in [-0.2, 0) is 14.3 Å². The van der Waals surface area contributed by atoms with Crippen LogP contribution in [0.4, 0.5) is 0 Å². The van der Waals surface area contributed by atoms with Crippen LogP contribution >= 0.6 is 0 Å². The van der Waals surface area contributed by atoms with Crippen molar-refractivity contribution in [1.82, 2.24) is 5.32 Å². The van der Waals surface area contributed by atoms with Gasteiger partial charge in [-0.1, -0.05) is 0 Å². The standard InChI is InChI=1S/C7H13NO3/c1-6(8-5-10)7(2)11-4-3-9/h3,5-7H,4H2,1-2H3,(H,8,10). The number of carbonyl (C=O) groups is 2. The highest BCUT2D eigenvalue weighted by Gasteiger charge is 2.09. The summed E-state index contributed by atoms with van der Waals surface area (Å²) in [6, 6.07) is -0.0625. The molecule has 1 N–H and O–H groups in total. The minimum atomic E-state index is -0.134. The van der Waals surface area contributed by atoms with Crippen LogP contribution in [0.1, 0.15) is 13.8 Å². The molecule has 4 heteroatoms. The Balaban J connectivity index is 3.53. The quantitative estimate of drug-likeness (QED) is 0.542. The van der Waals surface area contributed by atoms with Gasteiger partial charge in [0, 0.05) is 0 Å². The Morgan fingerprint density at radius 2 is 2.09 bits per heavy atom. The molecule has 2 atom stereocenters. The largest absolute Gasteiger partial charge is 0.369 e. The Hall–Kier alpha value is -0.900. The van der Waals surface area contributed by atoms with E-state index in [0.29, 0.717) is 12.7 Å². The highest BCUT2D eigenvalue weighted by atomic mass is 16.5. The number of amides is 1. The number of hydrogen-bond donors (Lipinski definition) is 1. The maximum Gasteiger partial charge on any atom is 0.207 e. The Bertz CT molecular complexity index is 127. The minimum Gasteiger partial charge on any atom is -0.369 e. The molecule has 0 rings (SSSR count). The molecule has 0 aromatic rings. The molecule has 0 saturated carbocycles. The zero-order valence-corrected chi connectivity index (χ0v) is 6.74. The molecule has 4 nitrogen and oxygen atoms in total. The van der Waals surface area contributed by atoms with Gasteiger partial charge in [-0.15, -0.1) is 0 Å². The van der Waals surface area contributed by atoms with Gasteiger partial charge >= 0.3 is 0 Å². The summed E-state index contributed by atoms with van der Waals surface area (Å²) in [5, 5.41) is 2.53. The molecule has 0 heterocycles. The maximum atomic E-state index is 9.96. The molecule has 1 amide bonds. The van der Waals surface area contributed by atoms with E-state index in [9.17, 15) is 9.59 Å². The molecule has 0 aliphatic carbocycles. The van der Waals surface area contributed by atoms with Gasteiger partial charge < -0.3 is 14.8 Å². The van der Waals surface area contributed by atoms with Crippen molar-refractivity contribution >= 4 is 12.7 Å². The zero-order valence-electron chi connectivity index (χ0n) is 6.74. The molecule has 0 radical (unpaired) electrons. The lowest BCUT2D eigenvalue weighted by Crippen LogP contribution is -2.36. The van der Waals surface area contributed by atoms with Crippen LogP contribution < -0.4 is 5.32 Å². The second-order valence-electron chi connectivity index (χ2n) is 2.28. The molecule has 0 aliphatic rings. The number of aldehydes is 1. The summed E-state index contributed by atoms with van der Waals surface area (Å²) < 4.78 is 5.02. The van der Waals surface area contributed by atoms with E-state index in [1.54, 1.807) is 6.92 Å². The van der Waals surface area contributed by atoms with E-state index in [0.717, 1.165) is 0 Å². The third-order valence-corrected chi connectivity index (χ3v) is 1.46. The van der Waals surface area contributed by atoms with Gasteiger partial charge in [0.1, 0.15) is 12.9 Å². The van der Waals surface area contributed by atoms with E-state index in [1.807, 2.05) is 6.92 Å². The van der Waals surface area contributed by atoms with E-state index in [2.05, 4.69) is 5.32 Å². The van der Waals surface area contributed by atoms with Gasteiger partial charge in [0.05, 0.1) is 12.1 Å². The van der Waals surface area contributed by atoms with Gasteiger partial charge in [0.2, 0.25) is 6.41 Å². The lowest BCUT2D eigenvalue weighted by Gasteiger charge is -2.17. The predicted octanol–water partition coefficient (Wildman–Crippen LogP) is -0.275. The van der Waals surface area contributed by atoms with Crippen molar-refractivity contribution in [3.63, 3.8) is 0 Å². The molecule has 0 aromatic heterocycles. The smallest absolute Gasteiger partial charge is 0.207 e. The summed E-state index contributed by atoms with van der Waals surface area (Å²) in [7, 11) is 0. The first-order valence-corrected chi connectivity index (χ1v) is 3.47. The minimum absolute atomic E-state index is 0.0625. The molecule has 2 unspecified atom stereocenters. The average Bonchev–Trinajstić information content (AvgIpc) is 2.00. The summed E-state index contributed by atoms with van der Waals surface area (Å²) >= 11 is 0. The first-order valence-electron chi connectivity index (χ1n) is 3.47. The summed E-state index contributed by atoms with van der Waals surface area (Å²) in [6.45, 7) is 3.68. The summed E-state index contributed by atoms with van der Waals surface area (Å²) in [5.41, 5.74) is 0. The first-order chi connectivity index (χ1) is 5.22. The maximum absolute atomic E-state index is 9.96. The zero-order chi connectivity index (χ0) is 8.69. The average molecular weight is 159 g/mol. The molecule has 11 heavy (non-hydrogen) atoms. The SMILES string of the molecule is CC(NC=O)C(C)OCC=O. The lowest BCUT2D eigenvalue weighted by atomic mass is 10.2. The predicted molar refractivity (Wildman–Crippen MR) is 40.1 cm³/mol. The third-order valence-electron chi connectivity index (χ3n) is 1.46. The Labute approximate surface area is 65.9 Å². The fourth-order valence-electron chi connectivity index (χ4n) is 0.578. The fraction of sp³-hybridized carbons (Fsp3) is 0.714. The number of ether oxygens (including phenoxy) is 1. The third kappa shape index (κ3) is 4.50. The summed E-state index contributed by atoms with van der Waals surface area (Å²) in [5.74, 6) is 0. The van der Waals surface area contributed by atoms with E-state index in [4.69, 9.17) is 4.74 Å². The van der Waals surface area contributed by atoms with Gasteiger partial charge in [0.25, 0.3) is 0 Å². The van der Waals surface area contributed by atoms with E-state index < -0.39 is 0 Å². The Morgan fingerprint density at radius 3 is 2.55 bits per heavy atom. The van der Waals surface area contributed by atoms with Crippen molar-refractivity contribution < 1.29 is 14.3 Å². The highest BCUT2D eigenvalue weighted by molar-refractivity contribution is 5.50. The van der Waals surface area contributed by atoms with Crippen LogP contribution in [0.25, 0.3) is 0 Å². The second kappa shape index (κ2) is 5.85. The number of hydrogen-bond acceptors (Lipinski definition) is 3. The molecule has 0 fully saturated rings. The monoisotopic (exact) mass is 159 g/mol. The van der Waals surface area contributed by atoms with Crippen LogP contribution in [0.5, 0.6) is 0 Å². The van der Waals surface area contributed by atoms with Gasteiger partial charge in [0.15, 0.2) is 0 Å². The van der Waals surface area contributed by atoms with Gasteiger partial charge in [-0.25, -0.2) is 0 Å². The topological polar surface area (TPSA) is 55.4 Å². The summed E-state index contributed by atoms with van der Waals surface area (Å²) in [6.07, 6.45) is 1.17. The van der Waals surface area contributed by atoms with Crippen molar-refractivity contribution in [2.24, 2.45) is 0 Å². The van der Waals surface area contributed by atoms with Crippen LogP contribution in [0.3, 0.4) is 0 Å². The van der Waals surface area contributed by atoms with Gasteiger partial charge in [-0.2, -0.15) is 0 Å². The van der Waals surface area contributed by atoms with Crippen LogP contribution in [0, 0.1) is 0 Å². The van der Waals surface area contributed by atoms with E-state index >= 15 is 0 Å². The molecule has 0 aliphatic heterocycles. The molecule has 0 bridgehead atoms. The first kappa shape index (κ1) is 10.1. The van der Waals surface area contributed by atoms with Crippen molar-refractivity contribution in [3.05, 3.63) is 0 Å². The molecular formula is C7H13NO3. The Morgan fingerprint density at radius 1 is 1.45 bits per heavy atom. The molecule has 0 spiro atoms. The van der Waals surface area contributed by atoms with Crippen LogP contribution in [0.2, 0.25) is 0 Å². The molecular weight excluding hydrogens is 146 g/mol. The molecule has 0 saturated heterocycles.